The van der Waals surface area contributed by atoms with Gasteiger partial charge in [0, 0.05) is 6.61 Å². The molecule has 2 aromatic rings. The van der Waals surface area contributed by atoms with Crippen LogP contribution in [0.2, 0.25) is 0 Å². The van der Waals surface area contributed by atoms with Gasteiger partial charge in [-0.3, -0.25) is 0 Å². The van der Waals surface area contributed by atoms with Crippen molar-refractivity contribution in [1.82, 2.24) is 0 Å². The summed E-state index contributed by atoms with van der Waals surface area (Å²) < 4.78 is 55.4. The molecule has 0 amide bonds. The average Bonchev–Trinajstić information content (AvgIpc) is 2.83. The summed E-state index contributed by atoms with van der Waals surface area (Å²) in [6, 6.07) is 13.7. The molecule has 2 aromatic carbocycles. The molecule has 0 aromatic heterocycles. The summed E-state index contributed by atoms with van der Waals surface area (Å²) in [6.07, 6.45) is 7.32. The summed E-state index contributed by atoms with van der Waals surface area (Å²) in [5, 5.41) is 0. The van der Waals surface area contributed by atoms with Crippen LogP contribution in [0.1, 0.15) is 61.4 Å². The maximum absolute atomic E-state index is 11.9. The standard InChI is InChI=1S/C18H28O5S.C8H7FO2/c1-3-4-13-24(19,20)23-17-10-9-15(14-18(17)21-2)7-5-6-8-16-11-12-22-16;9-6-11-8(10)7-4-2-1-3-5-7/h9-10,14,16H,3-8,11-13H2,1-2H3;1-5H,6H2. The molecule has 1 aliphatic rings. The van der Waals surface area contributed by atoms with E-state index >= 15 is 0 Å². The minimum Gasteiger partial charge on any atom is -0.493 e. The maximum atomic E-state index is 11.9. The first-order valence-corrected chi connectivity index (χ1v) is 13.4. The molecule has 7 nitrogen and oxygen atoms in total. The van der Waals surface area contributed by atoms with Gasteiger partial charge in [-0.05, 0) is 61.9 Å². The van der Waals surface area contributed by atoms with Crippen molar-refractivity contribution in [3.05, 3.63) is 59.7 Å². The van der Waals surface area contributed by atoms with E-state index in [1.807, 2.05) is 19.1 Å². The second-order valence-corrected chi connectivity index (χ2v) is 9.81. The number of carbonyl (C=O) groups excluding carboxylic acids is 1. The molecule has 0 N–H and O–H groups in total. The fourth-order valence-corrected chi connectivity index (χ4v) is 4.49. The highest BCUT2D eigenvalue weighted by molar-refractivity contribution is 7.87. The van der Waals surface area contributed by atoms with Crippen LogP contribution in [0.5, 0.6) is 11.5 Å². The fourth-order valence-electron chi connectivity index (χ4n) is 3.36. The van der Waals surface area contributed by atoms with Crippen LogP contribution < -0.4 is 8.92 Å². The second kappa shape index (κ2) is 15.4. The molecule has 1 heterocycles. The van der Waals surface area contributed by atoms with Crippen LogP contribution >= 0.6 is 0 Å². The highest BCUT2D eigenvalue weighted by Gasteiger charge is 2.18. The SMILES string of the molecule is CCCCS(=O)(=O)Oc1ccc(CCCCC2CCO2)cc1OC.O=C(OCF)c1ccccc1. The molecular formula is C26H35FO7S. The van der Waals surface area contributed by atoms with Gasteiger partial charge in [0.1, 0.15) is 0 Å². The van der Waals surface area contributed by atoms with Crippen LogP contribution in [0.4, 0.5) is 4.39 Å². The minimum absolute atomic E-state index is 0.0254. The van der Waals surface area contributed by atoms with Gasteiger partial charge in [0.05, 0.1) is 24.5 Å². The number of rotatable bonds is 13. The third-order valence-corrected chi connectivity index (χ3v) is 6.64. The van der Waals surface area contributed by atoms with Gasteiger partial charge in [-0.1, -0.05) is 44.0 Å². The van der Waals surface area contributed by atoms with Gasteiger partial charge in [-0.25, -0.2) is 9.18 Å². The van der Waals surface area contributed by atoms with Gasteiger partial charge < -0.3 is 18.4 Å². The van der Waals surface area contributed by atoms with E-state index in [1.54, 1.807) is 36.4 Å². The monoisotopic (exact) mass is 510 g/mol. The molecule has 1 fully saturated rings. The normalized spacial score (nSPS) is 14.8. The van der Waals surface area contributed by atoms with Gasteiger partial charge in [-0.2, -0.15) is 8.42 Å². The first-order valence-electron chi connectivity index (χ1n) is 11.9. The summed E-state index contributed by atoms with van der Waals surface area (Å²) in [5.41, 5.74) is 1.49. The van der Waals surface area contributed by atoms with Crippen LogP contribution in [-0.4, -0.2) is 46.8 Å². The largest absolute Gasteiger partial charge is 0.493 e. The number of benzene rings is 2. The van der Waals surface area contributed by atoms with Crippen molar-refractivity contribution in [2.75, 3.05) is 26.3 Å². The number of hydrogen-bond donors (Lipinski definition) is 0. The van der Waals surface area contributed by atoms with Crippen molar-refractivity contribution in [1.29, 1.82) is 0 Å². The molecule has 1 saturated heterocycles. The molecule has 1 unspecified atom stereocenters. The summed E-state index contributed by atoms with van der Waals surface area (Å²) in [6.45, 7) is 1.78. The summed E-state index contributed by atoms with van der Waals surface area (Å²) >= 11 is 0. The molecule has 35 heavy (non-hydrogen) atoms. The van der Waals surface area contributed by atoms with Gasteiger partial charge in [0.25, 0.3) is 0 Å². The Labute approximate surface area is 207 Å². The Kier molecular flexibility index (Phi) is 12.6. The number of ether oxygens (including phenoxy) is 3. The molecule has 0 spiro atoms. The van der Waals surface area contributed by atoms with Crippen molar-refractivity contribution in [3.63, 3.8) is 0 Å². The molecule has 1 aliphatic heterocycles. The van der Waals surface area contributed by atoms with Gasteiger partial charge in [-0.15, -0.1) is 0 Å². The first-order chi connectivity index (χ1) is 16.9. The quantitative estimate of drug-likeness (QED) is 0.200. The predicted octanol–water partition coefficient (Wildman–Crippen LogP) is 5.48. The number of hydrogen-bond acceptors (Lipinski definition) is 7. The van der Waals surface area contributed by atoms with Gasteiger partial charge in [0.2, 0.25) is 6.86 Å². The van der Waals surface area contributed by atoms with E-state index in [2.05, 4.69) is 4.74 Å². The number of alkyl halides is 1. The van der Waals surface area contributed by atoms with E-state index in [9.17, 15) is 17.6 Å². The number of unbranched alkanes of at least 4 members (excludes halogenated alkanes) is 2. The van der Waals surface area contributed by atoms with Crippen LogP contribution in [0.3, 0.4) is 0 Å². The lowest BCUT2D eigenvalue weighted by Gasteiger charge is -2.26. The number of carbonyl (C=O) groups is 1. The number of aryl methyl sites for hydroxylation is 1. The molecule has 0 radical (unpaired) electrons. The number of esters is 1. The Balaban J connectivity index is 0.000000328. The van der Waals surface area contributed by atoms with Crippen LogP contribution in [0.25, 0.3) is 0 Å². The van der Waals surface area contributed by atoms with E-state index in [-0.39, 0.29) is 11.5 Å². The summed E-state index contributed by atoms with van der Waals surface area (Å²) in [7, 11) is -2.04. The third-order valence-electron chi connectivity index (χ3n) is 5.42. The smallest absolute Gasteiger partial charge is 0.340 e. The zero-order chi connectivity index (χ0) is 25.5. The van der Waals surface area contributed by atoms with Crippen molar-refractivity contribution in [2.24, 2.45) is 0 Å². The van der Waals surface area contributed by atoms with Crippen LogP contribution in [0, 0.1) is 0 Å². The molecule has 9 heteroatoms. The zero-order valence-electron chi connectivity index (χ0n) is 20.4. The first kappa shape index (κ1) is 28.6. The molecule has 1 atom stereocenters. The average molecular weight is 511 g/mol. The minimum atomic E-state index is -3.56. The zero-order valence-corrected chi connectivity index (χ0v) is 21.2. The number of halogens is 1. The third kappa shape index (κ3) is 10.7. The molecule has 0 aliphatic carbocycles. The van der Waals surface area contributed by atoms with E-state index < -0.39 is 22.9 Å². The lowest BCUT2D eigenvalue weighted by molar-refractivity contribution is -0.0555. The van der Waals surface area contributed by atoms with E-state index in [1.165, 1.54) is 13.5 Å². The van der Waals surface area contributed by atoms with Gasteiger partial charge >= 0.3 is 16.1 Å². The van der Waals surface area contributed by atoms with Crippen molar-refractivity contribution < 1.29 is 36.0 Å². The Bertz CT molecular complexity index is 992. The molecular weight excluding hydrogens is 475 g/mol. The van der Waals surface area contributed by atoms with E-state index in [4.69, 9.17) is 13.7 Å². The van der Waals surface area contributed by atoms with Gasteiger partial charge in [0.15, 0.2) is 11.5 Å². The molecule has 0 saturated carbocycles. The fraction of sp³-hybridized carbons (Fsp3) is 0.500. The summed E-state index contributed by atoms with van der Waals surface area (Å²) in [4.78, 5) is 10.8. The Morgan fingerprint density at radius 2 is 1.83 bits per heavy atom. The van der Waals surface area contributed by atoms with E-state index in [0.29, 0.717) is 23.8 Å². The van der Waals surface area contributed by atoms with Crippen molar-refractivity contribution >= 4 is 16.1 Å². The Hall–Kier alpha value is -2.65. The highest BCUT2D eigenvalue weighted by Crippen LogP contribution is 2.30. The van der Waals surface area contributed by atoms with E-state index in [0.717, 1.165) is 44.3 Å². The molecule has 0 bridgehead atoms. The molecule has 194 valence electrons. The van der Waals surface area contributed by atoms with Crippen LogP contribution in [-0.2, 0) is 26.0 Å². The number of methoxy groups -OCH3 is 1. The topological polar surface area (TPSA) is 88.1 Å². The second-order valence-electron chi connectivity index (χ2n) is 8.12. The Morgan fingerprint density at radius 3 is 2.43 bits per heavy atom. The van der Waals surface area contributed by atoms with Crippen molar-refractivity contribution in [2.45, 2.75) is 58.0 Å². The maximum Gasteiger partial charge on any atom is 0.340 e. The predicted molar refractivity (Wildman–Crippen MR) is 132 cm³/mol. The Morgan fingerprint density at radius 1 is 1.09 bits per heavy atom. The summed E-state index contributed by atoms with van der Waals surface area (Å²) in [5.74, 6) is 0.126. The van der Waals surface area contributed by atoms with Crippen molar-refractivity contribution in [3.8, 4) is 11.5 Å². The molecule has 3 rings (SSSR count). The lowest BCUT2D eigenvalue weighted by atomic mass is 10.0. The van der Waals surface area contributed by atoms with Crippen LogP contribution in [0.15, 0.2) is 48.5 Å². The lowest BCUT2D eigenvalue weighted by Crippen LogP contribution is -2.26. The highest BCUT2D eigenvalue weighted by atomic mass is 32.2.